The molecule has 0 heterocycles. The number of hydrogen-bond donors (Lipinski definition) is 1. The van der Waals surface area contributed by atoms with Crippen LogP contribution >= 0.6 is 0 Å². The van der Waals surface area contributed by atoms with Crippen molar-refractivity contribution in [2.24, 2.45) is 0 Å². The third-order valence-electron chi connectivity index (χ3n) is 6.79. The zero-order valence-corrected chi connectivity index (χ0v) is 25.9. The van der Waals surface area contributed by atoms with Crippen LogP contribution in [0.5, 0.6) is 0 Å². The monoisotopic (exact) mass is 512 g/mol. The van der Waals surface area contributed by atoms with Crippen molar-refractivity contribution >= 4 is 10.1 Å². The fraction of sp³-hybridized carbons (Fsp3) is 1.00. The molecule has 0 saturated heterocycles. The van der Waals surface area contributed by atoms with Crippen molar-refractivity contribution < 1.29 is 47.6 Å². The molecular formula is C28H57NaO4S. The van der Waals surface area contributed by atoms with Gasteiger partial charge in [0.2, 0.25) is 0 Å². The van der Waals surface area contributed by atoms with Crippen LogP contribution in [0.3, 0.4) is 0 Å². The molecule has 0 aliphatic heterocycles. The summed E-state index contributed by atoms with van der Waals surface area (Å²) in [7, 11) is -4.30. The van der Waals surface area contributed by atoms with E-state index in [0.29, 0.717) is 6.42 Å². The molecule has 1 N–H and O–H groups in total. The Labute approximate surface area is 235 Å². The van der Waals surface area contributed by atoms with Crippen molar-refractivity contribution in [2.45, 2.75) is 174 Å². The van der Waals surface area contributed by atoms with Gasteiger partial charge in [-0.2, -0.15) is 0 Å². The zero-order chi connectivity index (χ0) is 24.5. The second-order valence-electron chi connectivity index (χ2n) is 10.3. The van der Waals surface area contributed by atoms with Crippen LogP contribution in [0.15, 0.2) is 0 Å². The van der Waals surface area contributed by atoms with E-state index in [1.54, 1.807) is 0 Å². The summed E-state index contributed by atoms with van der Waals surface area (Å²) in [4.78, 5) is 0. The molecule has 0 fully saturated rings. The van der Waals surface area contributed by atoms with Crippen molar-refractivity contribution in [3.8, 4) is 0 Å². The molecule has 0 amide bonds. The summed E-state index contributed by atoms with van der Waals surface area (Å²) in [5.41, 5.74) is 0. The van der Waals surface area contributed by atoms with Crippen molar-refractivity contribution in [2.75, 3.05) is 5.75 Å². The van der Waals surface area contributed by atoms with Crippen molar-refractivity contribution in [3.63, 3.8) is 0 Å². The first kappa shape index (κ1) is 37.0. The zero-order valence-electron chi connectivity index (χ0n) is 23.0. The van der Waals surface area contributed by atoms with Crippen molar-refractivity contribution in [1.82, 2.24) is 0 Å². The van der Waals surface area contributed by atoms with Crippen molar-refractivity contribution in [3.05, 3.63) is 0 Å². The summed E-state index contributed by atoms with van der Waals surface area (Å²) < 4.78 is 31.7. The summed E-state index contributed by atoms with van der Waals surface area (Å²) >= 11 is 0. The van der Waals surface area contributed by atoms with Gasteiger partial charge in [0.25, 0.3) is 0 Å². The summed E-state index contributed by atoms with van der Waals surface area (Å²) in [6.45, 7) is 2.28. The van der Waals surface area contributed by atoms with Crippen LogP contribution in [0.25, 0.3) is 0 Å². The second-order valence-corrected chi connectivity index (χ2v) is 11.7. The predicted molar refractivity (Wildman–Crippen MR) is 142 cm³/mol. The van der Waals surface area contributed by atoms with Crippen LogP contribution in [0.4, 0.5) is 0 Å². The summed E-state index contributed by atoms with van der Waals surface area (Å²) in [6.07, 6.45) is 31.7. The van der Waals surface area contributed by atoms with Gasteiger partial charge >= 0.3 is 29.6 Å². The Hall–Kier alpha value is 0.870. The minimum absolute atomic E-state index is 0. The maximum absolute atomic E-state index is 10.6. The Morgan fingerprint density at radius 2 is 0.765 bits per heavy atom. The molecular weight excluding hydrogens is 455 g/mol. The second kappa shape index (κ2) is 28.4. The molecule has 0 bridgehead atoms. The van der Waals surface area contributed by atoms with Gasteiger partial charge in [0.1, 0.15) is 0 Å². The molecule has 0 aliphatic carbocycles. The average Bonchev–Trinajstić information content (AvgIpc) is 2.75. The third-order valence-corrected chi connectivity index (χ3v) is 7.58. The van der Waals surface area contributed by atoms with Crippen LogP contribution < -0.4 is 29.6 Å². The first-order chi connectivity index (χ1) is 16.0. The quantitative estimate of drug-likeness (QED) is 0.0874. The summed E-state index contributed by atoms with van der Waals surface area (Å²) in [5, 5.41) is 9.48. The van der Waals surface area contributed by atoms with E-state index in [1.807, 2.05) is 0 Å². The molecule has 0 saturated carbocycles. The smallest absolute Gasteiger partial charge is 0.748 e. The number of rotatable bonds is 27. The van der Waals surface area contributed by atoms with Gasteiger partial charge in [-0.1, -0.05) is 161 Å². The first-order valence-electron chi connectivity index (χ1n) is 14.6. The fourth-order valence-electron chi connectivity index (χ4n) is 4.66. The molecule has 0 aromatic heterocycles. The van der Waals surface area contributed by atoms with E-state index in [2.05, 4.69) is 6.92 Å². The average molecular weight is 513 g/mol. The molecule has 0 spiro atoms. The van der Waals surface area contributed by atoms with Crippen LogP contribution in [-0.4, -0.2) is 29.9 Å². The van der Waals surface area contributed by atoms with Gasteiger partial charge < -0.3 is 9.66 Å². The number of aliphatic hydroxyl groups is 1. The minimum atomic E-state index is -4.30. The van der Waals surface area contributed by atoms with E-state index < -0.39 is 22.0 Å². The number of unbranched alkanes of at least 4 members (excludes halogenated alkanes) is 23. The minimum Gasteiger partial charge on any atom is -0.748 e. The summed E-state index contributed by atoms with van der Waals surface area (Å²) in [5.74, 6) is -0.646. The van der Waals surface area contributed by atoms with Gasteiger partial charge in [-0.05, 0) is 6.42 Å². The summed E-state index contributed by atoms with van der Waals surface area (Å²) in [6, 6.07) is 0. The van der Waals surface area contributed by atoms with Crippen molar-refractivity contribution in [1.29, 1.82) is 0 Å². The Balaban J connectivity index is 0. The Morgan fingerprint density at radius 3 is 1.00 bits per heavy atom. The van der Waals surface area contributed by atoms with Crippen LogP contribution in [0, 0.1) is 0 Å². The van der Waals surface area contributed by atoms with Crippen LogP contribution in [0.1, 0.15) is 167 Å². The van der Waals surface area contributed by atoms with E-state index in [4.69, 9.17) is 0 Å². The standard InChI is InChI=1S/C28H58O4S.Na/c1-2-3-4-5-6-7-8-9-10-11-12-13-14-15-16-17-18-19-20-21-22-23-24-25-26-28(29)27-33(30,31)32;/h28-29H,2-27H2,1H3,(H,30,31,32);/q;+1/p-1. The van der Waals surface area contributed by atoms with Gasteiger partial charge in [0.05, 0.1) is 22.0 Å². The number of aliphatic hydroxyl groups excluding tert-OH is 1. The van der Waals surface area contributed by atoms with E-state index in [9.17, 15) is 18.1 Å². The number of hydrogen-bond acceptors (Lipinski definition) is 4. The molecule has 0 rings (SSSR count). The molecule has 1 unspecified atom stereocenters. The van der Waals surface area contributed by atoms with E-state index >= 15 is 0 Å². The van der Waals surface area contributed by atoms with Gasteiger partial charge in [-0.25, -0.2) is 8.42 Å². The predicted octanol–water partition coefficient (Wildman–Crippen LogP) is 5.67. The fourth-order valence-corrected chi connectivity index (χ4v) is 5.30. The molecule has 0 aromatic carbocycles. The topological polar surface area (TPSA) is 77.4 Å². The third kappa shape index (κ3) is 32.9. The van der Waals surface area contributed by atoms with E-state index in [0.717, 1.165) is 19.3 Å². The normalized spacial score (nSPS) is 12.6. The van der Waals surface area contributed by atoms with Gasteiger partial charge in [-0.15, -0.1) is 0 Å². The molecule has 0 aromatic rings. The molecule has 200 valence electrons. The maximum Gasteiger partial charge on any atom is 1.00 e. The van der Waals surface area contributed by atoms with E-state index in [1.165, 1.54) is 135 Å². The van der Waals surface area contributed by atoms with E-state index in [-0.39, 0.29) is 29.6 Å². The van der Waals surface area contributed by atoms with Gasteiger partial charge in [0.15, 0.2) is 0 Å². The van der Waals surface area contributed by atoms with Crippen LogP contribution in [-0.2, 0) is 10.1 Å². The Kier molecular flexibility index (Phi) is 31.0. The first-order valence-corrected chi connectivity index (χ1v) is 16.1. The molecule has 1 atom stereocenters. The maximum atomic E-state index is 10.6. The molecule has 0 aliphatic rings. The van der Waals surface area contributed by atoms with Gasteiger partial charge in [0, 0.05) is 0 Å². The largest absolute Gasteiger partial charge is 1.00 e. The SMILES string of the molecule is CCCCCCCCCCCCCCCCCCCCCCCCCCC(O)CS(=O)(=O)[O-].[Na+]. The van der Waals surface area contributed by atoms with Crippen LogP contribution in [0.2, 0.25) is 0 Å². The molecule has 34 heavy (non-hydrogen) atoms. The van der Waals surface area contributed by atoms with Gasteiger partial charge in [-0.3, -0.25) is 0 Å². The Morgan fingerprint density at radius 1 is 0.529 bits per heavy atom. The Bertz CT molecular complexity index is 485. The molecule has 6 heteroatoms. The molecule has 0 radical (unpaired) electrons. The molecule has 4 nitrogen and oxygen atoms in total.